The van der Waals surface area contributed by atoms with Gasteiger partial charge in [0.05, 0.1) is 0 Å². The third-order valence-corrected chi connectivity index (χ3v) is 6.50. The van der Waals surface area contributed by atoms with Crippen LogP contribution in [-0.2, 0) is 0 Å². The fraction of sp³-hybridized carbons (Fsp3) is 1.00. The smallest absolute Gasteiger partial charge is 0.0126 e. The quantitative estimate of drug-likeness (QED) is 0.803. The first-order valence-electron chi connectivity index (χ1n) is 10.5. The van der Waals surface area contributed by atoms with Gasteiger partial charge in [-0.2, -0.15) is 0 Å². The molecule has 1 saturated carbocycles. The van der Waals surface area contributed by atoms with Gasteiger partial charge in [0.15, 0.2) is 0 Å². The molecule has 1 N–H and O–H groups in total. The molecule has 4 nitrogen and oxygen atoms in total. The van der Waals surface area contributed by atoms with Crippen molar-refractivity contribution in [2.24, 2.45) is 5.92 Å². The van der Waals surface area contributed by atoms with Crippen molar-refractivity contribution < 1.29 is 0 Å². The van der Waals surface area contributed by atoms with Crippen molar-refractivity contribution >= 4 is 0 Å². The number of hydrogen-bond acceptors (Lipinski definition) is 4. The maximum absolute atomic E-state index is 3.68. The summed E-state index contributed by atoms with van der Waals surface area (Å²) in [5.41, 5.74) is 0. The standard InChI is InChI=1S/C20H40N4/c1-16(2)21-19-13-20(14-19)24-11-9-22(10-12-24)15-18-5-7-23(8-6-18)17(3)4/h16-21H,5-15H2,1-4H3/t19-,20-. The Morgan fingerprint density at radius 2 is 1.50 bits per heavy atom. The number of piperidine rings is 1. The van der Waals surface area contributed by atoms with Crippen molar-refractivity contribution in [1.29, 1.82) is 0 Å². The van der Waals surface area contributed by atoms with Crippen LogP contribution in [0.15, 0.2) is 0 Å². The normalized spacial score (nSPS) is 31.8. The first-order chi connectivity index (χ1) is 11.5. The predicted molar refractivity (Wildman–Crippen MR) is 103 cm³/mol. The second-order valence-corrected chi connectivity index (χ2v) is 9.05. The summed E-state index contributed by atoms with van der Waals surface area (Å²) in [6.07, 6.45) is 5.55. The highest BCUT2D eigenvalue weighted by molar-refractivity contribution is 4.94. The van der Waals surface area contributed by atoms with Gasteiger partial charge in [0.1, 0.15) is 0 Å². The van der Waals surface area contributed by atoms with Crippen molar-refractivity contribution in [1.82, 2.24) is 20.0 Å². The molecular formula is C20H40N4. The van der Waals surface area contributed by atoms with Crippen LogP contribution < -0.4 is 5.32 Å². The average Bonchev–Trinajstić information content (AvgIpc) is 2.52. The summed E-state index contributed by atoms with van der Waals surface area (Å²) in [4.78, 5) is 8.15. The van der Waals surface area contributed by atoms with Crippen LogP contribution in [-0.4, -0.2) is 84.7 Å². The van der Waals surface area contributed by atoms with Gasteiger partial charge >= 0.3 is 0 Å². The van der Waals surface area contributed by atoms with E-state index in [2.05, 4.69) is 47.7 Å². The summed E-state index contributed by atoms with van der Waals surface area (Å²) in [6, 6.07) is 3.00. The summed E-state index contributed by atoms with van der Waals surface area (Å²) in [6.45, 7) is 18.4. The second-order valence-electron chi connectivity index (χ2n) is 9.05. The summed E-state index contributed by atoms with van der Waals surface area (Å²) in [5, 5.41) is 3.68. The molecule has 0 bridgehead atoms. The third kappa shape index (κ3) is 4.94. The van der Waals surface area contributed by atoms with E-state index in [0.717, 1.165) is 24.0 Å². The number of nitrogens with zero attached hydrogens (tertiary/aromatic N) is 3. The Kier molecular flexibility index (Phi) is 6.58. The third-order valence-electron chi connectivity index (χ3n) is 6.50. The lowest BCUT2D eigenvalue weighted by atomic mass is 9.84. The van der Waals surface area contributed by atoms with E-state index < -0.39 is 0 Å². The molecular weight excluding hydrogens is 296 g/mol. The Morgan fingerprint density at radius 1 is 0.875 bits per heavy atom. The molecule has 0 aromatic heterocycles. The van der Waals surface area contributed by atoms with E-state index in [1.807, 2.05) is 0 Å². The van der Waals surface area contributed by atoms with Crippen molar-refractivity contribution in [3.05, 3.63) is 0 Å². The van der Waals surface area contributed by atoms with Crippen molar-refractivity contribution in [2.75, 3.05) is 45.8 Å². The zero-order valence-corrected chi connectivity index (χ0v) is 16.5. The first-order valence-corrected chi connectivity index (χ1v) is 10.5. The maximum Gasteiger partial charge on any atom is 0.0126 e. The molecule has 3 aliphatic rings. The SMILES string of the molecule is CC(C)N[C@H]1C[C@H](N2CCN(CC3CCN(C(C)C)CC3)CC2)C1. The van der Waals surface area contributed by atoms with E-state index in [9.17, 15) is 0 Å². The van der Waals surface area contributed by atoms with Crippen LogP contribution in [0.5, 0.6) is 0 Å². The molecule has 0 radical (unpaired) electrons. The highest BCUT2D eigenvalue weighted by Gasteiger charge is 2.35. The summed E-state index contributed by atoms with van der Waals surface area (Å²) in [5.74, 6) is 0.940. The molecule has 4 heteroatoms. The van der Waals surface area contributed by atoms with Crippen LogP contribution >= 0.6 is 0 Å². The molecule has 0 amide bonds. The van der Waals surface area contributed by atoms with E-state index in [4.69, 9.17) is 0 Å². The van der Waals surface area contributed by atoms with Gasteiger partial charge in [0, 0.05) is 56.9 Å². The molecule has 2 aliphatic heterocycles. The Labute approximate surface area is 149 Å². The van der Waals surface area contributed by atoms with E-state index in [1.165, 1.54) is 71.5 Å². The van der Waals surface area contributed by atoms with Crippen molar-refractivity contribution in [3.8, 4) is 0 Å². The minimum atomic E-state index is 0.634. The van der Waals surface area contributed by atoms with Crippen LogP contribution in [0, 0.1) is 5.92 Å². The lowest BCUT2D eigenvalue weighted by molar-refractivity contribution is 0.0325. The zero-order valence-electron chi connectivity index (χ0n) is 16.5. The molecule has 1 aliphatic carbocycles. The first kappa shape index (κ1) is 18.6. The summed E-state index contributed by atoms with van der Waals surface area (Å²) >= 11 is 0. The summed E-state index contributed by atoms with van der Waals surface area (Å²) < 4.78 is 0. The molecule has 140 valence electrons. The zero-order chi connectivity index (χ0) is 17.1. The van der Waals surface area contributed by atoms with Crippen molar-refractivity contribution in [3.63, 3.8) is 0 Å². The molecule has 3 fully saturated rings. The van der Waals surface area contributed by atoms with E-state index >= 15 is 0 Å². The lowest BCUT2D eigenvalue weighted by Crippen LogP contribution is -2.58. The second kappa shape index (κ2) is 8.48. The van der Waals surface area contributed by atoms with E-state index in [1.54, 1.807) is 0 Å². The molecule has 0 atom stereocenters. The minimum Gasteiger partial charge on any atom is -0.312 e. The maximum atomic E-state index is 3.68. The topological polar surface area (TPSA) is 21.8 Å². The Morgan fingerprint density at radius 3 is 2.04 bits per heavy atom. The Bertz CT molecular complexity index is 362. The highest BCUT2D eigenvalue weighted by Crippen LogP contribution is 2.27. The summed E-state index contributed by atoms with van der Waals surface area (Å²) in [7, 11) is 0. The minimum absolute atomic E-state index is 0.634. The fourth-order valence-electron chi connectivity index (χ4n) is 4.82. The van der Waals surface area contributed by atoms with E-state index in [-0.39, 0.29) is 0 Å². The molecule has 24 heavy (non-hydrogen) atoms. The van der Waals surface area contributed by atoms with Crippen molar-refractivity contribution in [2.45, 2.75) is 77.5 Å². The Balaban J connectivity index is 1.31. The molecule has 0 unspecified atom stereocenters. The van der Waals surface area contributed by atoms with Crippen LogP contribution in [0.2, 0.25) is 0 Å². The number of rotatable bonds is 6. The number of nitrogens with one attached hydrogen (secondary N) is 1. The molecule has 0 aromatic rings. The van der Waals surface area contributed by atoms with Gasteiger partial charge in [-0.05, 0) is 58.5 Å². The molecule has 2 heterocycles. The Hall–Kier alpha value is -0.160. The average molecular weight is 337 g/mol. The predicted octanol–water partition coefficient (Wildman–Crippen LogP) is 2.25. The van der Waals surface area contributed by atoms with Gasteiger partial charge < -0.3 is 15.1 Å². The molecule has 0 aromatic carbocycles. The van der Waals surface area contributed by atoms with Gasteiger partial charge in [0.2, 0.25) is 0 Å². The van der Waals surface area contributed by atoms with Crippen LogP contribution in [0.3, 0.4) is 0 Å². The van der Waals surface area contributed by atoms with Crippen LogP contribution in [0.4, 0.5) is 0 Å². The lowest BCUT2D eigenvalue weighted by Gasteiger charge is -2.47. The monoisotopic (exact) mass is 336 g/mol. The molecule has 3 rings (SSSR count). The molecule has 0 spiro atoms. The van der Waals surface area contributed by atoms with Gasteiger partial charge in [-0.15, -0.1) is 0 Å². The van der Waals surface area contributed by atoms with E-state index in [0.29, 0.717) is 6.04 Å². The fourth-order valence-corrected chi connectivity index (χ4v) is 4.82. The van der Waals surface area contributed by atoms with Crippen LogP contribution in [0.1, 0.15) is 53.4 Å². The van der Waals surface area contributed by atoms with Crippen LogP contribution in [0.25, 0.3) is 0 Å². The van der Waals surface area contributed by atoms with Gasteiger partial charge in [-0.1, -0.05) is 13.8 Å². The van der Waals surface area contributed by atoms with Gasteiger partial charge in [-0.25, -0.2) is 0 Å². The largest absolute Gasteiger partial charge is 0.312 e. The highest BCUT2D eigenvalue weighted by atomic mass is 15.3. The van der Waals surface area contributed by atoms with Gasteiger partial charge in [-0.3, -0.25) is 4.90 Å². The number of hydrogen-bond donors (Lipinski definition) is 1. The molecule has 2 saturated heterocycles. The number of likely N-dealkylation sites (tertiary alicyclic amines) is 1. The number of piperazine rings is 1. The van der Waals surface area contributed by atoms with Gasteiger partial charge in [0.25, 0.3) is 0 Å².